The van der Waals surface area contributed by atoms with Crippen LogP contribution in [0.2, 0.25) is 15.1 Å². The third kappa shape index (κ3) is 3.00. The molecule has 2 aromatic carbocycles. The van der Waals surface area contributed by atoms with Crippen molar-refractivity contribution in [1.29, 1.82) is 0 Å². The summed E-state index contributed by atoms with van der Waals surface area (Å²) in [4.78, 5) is 16.9. The molecule has 0 saturated heterocycles. The van der Waals surface area contributed by atoms with Crippen molar-refractivity contribution in [3.8, 4) is 5.75 Å². The molecule has 0 spiro atoms. The van der Waals surface area contributed by atoms with Crippen LogP contribution >= 0.6 is 34.8 Å². The van der Waals surface area contributed by atoms with Crippen LogP contribution in [0.4, 0.5) is 5.69 Å². The largest absolute Gasteiger partial charge is 0.496 e. The Balaban J connectivity index is 2.08. The number of aromatic nitrogens is 1. The summed E-state index contributed by atoms with van der Waals surface area (Å²) in [7, 11) is 1.54. The fraction of sp³-hybridized carbons (Fsp3) is 0.0588. The van der Waals surface area contributed by atoms with Gasteiger partial charge in [-0.05, 0) is 30.3 Å². The summed E-state index contributed by atoms with van der Waals surface area (Å²) in [6.45, 7) is 0. The van der Waals surface area contributed by atoms with E-state index in [0.29, 0.717) is 27.4 Å². The van der Waals surface area contributed by atoms with E-state index in [4.69, 9.17) is 39.5 Å². The van der Waals surface area contributed by atoms with E-state index in [1.54, 1.807) is 49.7 Å². The van der Waals surface area contributed by atoms with Gasteiger partial charge in [0.05, 0.1) is 44.3 Å². The molecule has 1 N–H and O–H groups in total. The molecule has 0 atom stereocenters. The van der Waals surface area contributed by atoms with Crippen molar-refractivity contribution in [2.45, 2.75) is 0 Å². The second-order valence-electron chi connectivity index (χ2n) is 4.88. The van der Waals surface area contributed by atoms with Crippen LogP contribution in [0.25, 0.3) is 10.9 Å². The van der Waals surface area contributed by atoms with Gasteiger partial charge in [0, 0.05) is 6.20 Å². The standard InChI is InChI=1S/C17H11Cl3N2O2/c1-24-13-6-5-12(16-15(13)11(20)7-8-21-16)22-17(23)14-9(18)3-2-4-10(14)19/h2-8H,1H3,(H,22,23). The number of pyridine rings is 1. The van der Waals surface area contributed by atoms with Crippen molar-refractivity contribution in [1.82, 2.24) is 4.98 Å². The molecule has 3 aromatic rings. The van der Waals surface area contributed by atoms with Crippen molar-refractivity contribution in [3.05, 3.63) is 63.2 Å². The van der Waals surface area contributed by atoms with Crippen LogP contribution < -0.4 is 10.1 Å². The van der Waals surface area contributed by atoms with Crippen molar-refractivity contribution < 1.29 is 9.53 Å². The van der Waals surface area contributed by atoms with Gasteiger partial charge in [0.15, 0.2) is 0 Å². The molecule has 0 aliphatic heterocycles. The first-order chi connectivity index (χ1) is 11.5. The fourth-order valence-corrected chi connectivity index (χ4v) is 3.18. The van der Waals surface area contributed by atoms with Crippen molar-refractivity contribution in [3.63, 3.8) is 0 Å². The first-order valence-corrected chi connectivity index (χ1v) is 8.03. The number of carbonyl (C=O) groups is 1. The Morgan fingerprint density at radius 2 is 1.75 bits per heavy atom. The number of hydrogen-bond acceptors (Lipinski definition) is 3. The van der Waals surface area contributed by atoms with E-state index in [1.807, 2.05) is 0 Å². The average Bonchev–Trinajstić information content (AvgIpc) is 2.55. The quantitative estimate of drug-likeness (QED) is 0.656. The van der Waals surface area contributed by atoms with Crippen molar-refractivity contribution in [2.24, 2.45) is 0 Å². The van der Waals surface area contributed by atoms with Crippen LogP contribution in [0.1, 0.15) is 10.4 Å². The van der Waals surface area contributed by atoms with Crippen LogP contribution in [0.5, 0.6) is 5.75 Å². The Bertz CT molecular complexity index is 924. The van der Waals surface area contributed by atoms with Gasteiger partial charge in [-0.25, -0.2) is 0 Å². The maximum absolute atomic E-state index is 12.6. The van der Waals surface area contributed by atoms with E-state index in [1.165, 1.54) is 0 Å². The zero-order valence-corrected chi connectivity index (χ0v) is 14.7. The molecule has 122 valence electrons. The third-order valence-corrected chi connectivity index (χ3v) is 4.41. The van der Waals surface area contributed by atoms with Gasteiger partial charge >= 0.3 is 0 Å². The van der Waals surface area contributed by atoms with Gasteiger partial charge in [-0.2, -0.15) is 0 Å². The number of nitrogens with zero attached hydrogens (tertiary/aromatic N) is 1. The predicted octanol–water partition coefficient (Wildman–Crippen LogP) is 5.46. The number of benzene rings is 2. The summed E-state index contributed by atoms with van der Waals surface area (Å²) < 4.78 is 5.31. The summed E-state index contributed by atoms with van der Waals surface area (Å²) in [6.07, 6.45) is 1.56. The van der Waals surface area contributed by atoms with Gasteiger partial charge in [0.1, 0.15) is 5.75 Å². The molecule has 3 rings (SSSR count). The number of hydrogen-bond donors (Lipinski definition) is 1. The van der Waals surface area contributed by atoms with Crippen LogP contribution in [-0.4, -0.2) is 18.0 Å². The Morgan fingerprint density at radius 1 is 1.04 bits per heavy atom. The zero-order valence-electron chi connectivity index (χ0n) is 12.4. The fourth-order valence-electron chi connectivity index (χ4n) is 2.37. The molecule has 24 heavy (non-hydrogen) atoms. The van der Waals surface area contributed by atoms with E-state index in [9.17, 15) is 4.79 Å². The number of nitrogens with one attached hydrogen (secondary N) is 1. The number of halogens is 3. The second kappa shape index (κ2) is 6.85. The molecular weight excluding hydrogens is 371 g/mol. The number of amides is 1. The van der Waals surface area contributed by atoms with Gasteiger partial charge in [-0.15, -0.1) is 0 Å². The summed E-state index contributed by atoms with van der Waals surface area (Å²) in [5.41, 5.74) is 1.19. The first kappa shape index (κ1) is 16.8. The highest BCUT2D eigenvalue weighted by atomic mass is 35.5. The number of methoxy groups -OCH3 is 1. The lowest BCUT2D eigenvalue weighted by molar-refractivity contribution is 0.102. The maximum Gasteiger partial charge on any atom is 0.258 e. The highest BCUT2D eigenvalue weighted by Gasteiger charge is 2.17. The maximum atomic E-state index is 12.6. The lowest BCUT2D eigenvalue weighted by atomic mass is 10.1. The number of fused-ring (bicyclic) bond motifs is 1. The van der Waals surface area contributed by atoms with Gasteiger partial charge in [0.25, 0.3) is 5.91 Å². The Hall–Kier alpha value is -2.01. The minimum Gasteiger partial charge on any atom is -0.496 e. The van der Waals surface area contributed by atoms with E-state index >= 15 is 0 Å². The molecule has 0 bridgehead atoms. The molecule has 0 aliphatic carbocycles. The summed E-state index contributed by atoms with van der Waals surface area (Å²) in [5, 5.41) is 4.40. The molecule has 1 amide bonds. The molecule has 0 radical (unpaired) electrons. The van der Waals surface area contributed by atoms with Crippen molar-refractivity contribution >= 4 is 57.3 Å². The van der Waals surface area contributed by atoms with E-state index in [2.05, 4.69) is 10.3 Å². The number of anilines is 1. The Kier molecular flexibility index (Phi) is 4.81. The van der Waals surface area contributed by atoms with Gasteiger partial charge < -0.3 is 10.1 Å². The lowest BCUT2D eigenvalue weighted by Crippen LogP contribution is -2.13. The summed E-state index contributed by atoms with van der Waals surface area (Å²) in [6, 6.07) is 9.93. The molecule has 1 heterocycles. The first-order valence-electron chi connectivity index (χ1n) is 6.89. The van der Waals surface area contributed by atoms with Gasteiger partial charge in [-0.3, -0.25) is 9.78 Å². The minimum atomic E-state index is -0.432. The third-order valence-electron chi connectivity index (χ3n) is 3.46. The molecule has 7 heteroatoms. The topological polar surface area (TPSA) is 51.2 Å². The molecule has 0 saturated carbocycles. The zero-order chi connectivity index (χ0) is 17.3. The second-order valence-corrected chi connectivity index (χ2v) is 6.10. The van der Waals surface area contributed by atoms with Gasteiger partial charge in [0.2, 0.25) is 0 Å². The van der Waals surface area contributed by atoms with Crippen LogP contribution in [-0.2, 0) is 0 Å². The molecular formula is C17H11Cl3N2O2. The van der Waals surface area contributed by atoms with Crippen LogP contribution in [0.3, 0.4) is 0 Å². The Labute approximate surface area is 153 Å². The highest BCUT2D eigenvalue weighted by Crippen LogP contribution is 2.35. The lowest BCUT2D eigenvalue weighted by Gasteiger charge is -2.13. The monoisotopic (exact) mass is 380 g/mol. The normalized spacial score (nSPS) is 10.7. The van der Waals surface area contributed by atoms with Crippen LogP contribution in [0.15, 0.2) is 42.6 Å². The number of ether oxygens (including phenoxy) is 1. The molecule has 4 nitrogen and oxygen atoms in total. The number of carbonyl (C=O) groups excluding carboxylic acids is 1. The van der Waals surface area contributed by atoms with Crippen LogP contribution in [0, 0.1) is 0 Å². The molecule has 1 aromatic heterocycles. The Morgan fingerprint density at radius 3 is 2.42 bits per heavy atom. The van der Waals surface area contributed by atoms with E-state index in [-0.39, 0.29) is 15.6 Å². The van der Waals surface area contributed by atoms with E-state index in [0.717, 1.165) is 0 Å². The van der Waals surface area contributed by atoms with Gasteiger partial charge in [-0.1, -0.05) is 40.9 Å². The summed E-state index contributed by atoms with van der Waals surface area (Å²) in [5.74, 6) is 0.135. The molecule has 0 aliphatic rings. The molecule has 0 unspecified atom stereocenters. The van der Waals surface area contributed by atoms with Crippen molar-refractivity contribution in [2.75, 3.05) is 12.4 Å². The smallest absolute Gasteiger partial charge is 0.258 e. The predicted molar refractivity (Wildman–Crippen MR) is 97.7 cm³/mol. The number of rotatable bonds is 3. The molecule has 0 fully saturated rings. The average molecular weight is 382 g/mol. The SMILES string of the molecule is COc1ccc(NC(=O)c2c(Cl)cccc2Cl)c2nccc(Cl)c12. The van der Waals surface area contributed by atoms with E-state index < -0.39 is 5.91 Å². The highest BCUT2D eigenvalue weighted by molar-refractivity contribution is 6.40. The summed E-state index contributed by atoms with van der Waals surface area (Å²) >= 11 is 18.4. The minimum absolute atomic E-state index is 0.201.